The number of nitrogens with zero attached hydrogens (tertiary/aromatic N) is 1. The van der Waals surface area contributed by atoms with Gasteiger partial charge in [0.2, 0.25) is 5.91 Å². The molecule has 18 heavy (non-hydrogen) atoms. The molecule has 0 aliphatic rings. The minimum absolute atomic E-state index is 0.0611. The van der Waals surface area contributed by atoms with E-state index >= 15 is 0 Å². The Labute approximate surface area is 107 Å². The summed E-state index contributed by atoms with van der Waals surface area (Å²) in [6.07, 6.45) is 2.64. The molecule has 3 nitrogen and oxygen atoms in total. The van der Waals surface area contributed by atoms with Crippen molar-refractivity contribution < 1.29 is 9.18 Å². The molecule has 0 radical (unpaired) electrons. The molecule has 1 unspecified atom stereocenters. The highest BCUT2D eigenvalue weighted by Crippen LogP contribution is 2.14. The Hall–Kier alpha value is -1.89. The van der Waals surface area contributed by atoms with Gasteiger partial charge < -0.3 is 5.32 Å². The number of rotatable bonds is 6. The van der Waals surface area contributed by atoms with Crippen LogP contribution in [0.15, 0.2) is 24.3 Å². The number of nitrogens with one attached hydrogen (secondary N) is 1. The van der Waals surface area contributed by atoms with Crippen LogP contribution in [0.1, 0.15) is 32.6 Å². The summed E-state index contributed by atoms with van der Waals surface area (Å²) in [7, 11) is 0. The number of halogens is 1. The van der Waals surface area contributed by atoms with Crippen LogP contribution in [0.2, 0.25) is 0 Å². The molecule has 0 spiro atoms. The van der Waals surface area contributed by atoms with E-state index in [2.05, 4.69) is 11.4 Å². The molecule has 0 aromatic heterocycles. The number of anilines is 1. The maximum Gasteiger partial charge on any atom is 0.224 e. The van der Waals surface area contributed by atoms with Gasteiger partial charge in [-0.3, -0.25) is 4.79 Å². The minimum atomic E-state index is -0.333. The summed E-state index contributed by atoms with van der Waals surface area (Å²) in [6, 6.07) is 7.82. The third-order valence-corrected chi connectivity index (χ3v) is 2.67. The third-order valence-electron chi connectivity index (χ3n) is 2.67. The third kappa shape index (κ3) is 4.96. The lowest BCUT2D eigenvalue weighted by molar-refractivity contribution is -0.116. The van der Waals surface area contributed by atoms with Gasteiger partial charge in [0.1, 0.15) is 5.82 Å². The molecule has 1 atom stereocenters. The number of carbonyl (C=O) groups is 1. The molecule has 0 aliphatic carbocycles. The van der Waals surface area contributed by atoms with E-state index in [1.165, 1.54) is 24.3 Å². The first kappa shape index (κ1) is 14.2. The lowest BCUT2D eigenvalue weighted by Gasteiger charge is -2.08. The lowest BCUT2D eigenvalue weighted by atomic mass is 9.99. The topological polar surface area (TPSA) is 52.9 Å². The van der Waals surface area contributed by atoms with Crippen molar-refractivity contribution in [1.82, 2.24) is 0 Å². The van der Waals surface area contributed by atoms with Gasteiger partial charge in [-0.15, -0.1) is 0 Å². The molecule has 4 heteroatoms. The SMILES string of the molecule is CCCC(C#N)CCC(=O)Nc1ccc(F)cc1. The molecule has 1 aromatic rings. The molecule has 0 fully saturated rings. The number of hydrogen-bond donors (Lipinski definition) is 1. The summed E-state index contributed by atoms with van der Waals surface area (Å²) < 4.78 is 12.7. The predicted molar refractivity (Wildman–Crippen MR) is 68.3 cm³/mol. The summed E-state index contributed by atoms with van der Waals surface area (Å²) in [5.74, 6) is -0.535. The molecule has 1 amide bonds. The zero-order valence-corrected chi connectivity index (χ0v) is 10.4. The van der Waals surface area contributed by atoms with Gasteiger partial charge in [-0.2, -0.15) is 5.26 Å². The Kier molecular flexibility index (Phi) is 5.86. The summed E-state index contributed by atoms with van der Waals surface area (Å²) in [6.45, 7) is 2.02. The molecule has 1 aromatic carbocycles. The number of carbonyl (C=O) groups excluding carboxylic acids is 1. The van der Waals surface area contributed by atoms with Crippen LogP contribution in [-0.4, -0.2) is 5.91 Å². The average molecular weight is 248 g/mol. The number of nitriles is 1. The van der Waals surface area contributed by atoms with Gasteiger partial charge in [-0.1, -0.05) is 13.3 Å². The van der Waals surface area contributed by atoms with Gasteiger partial charge in [0.25, 0.3) is 0 Å². The van der Waals surface area contributed by atoms with Crippen LogP contribution >= 0.6 is 0 Å². The van der Waals surface area contributed by atoms with E-state index in [-0.39, 0.29) is 17.6 Å². The van der Waals surface area contributed by atoms with E-state index in [1.807, 2.05) is 6.92 Å². The zero-order chi connectivity index (χ0) is 13.4. The van der Waals surface area contributed by atoms with Crippen molar-refractivity contribution in [1.29, 1.82) is 5.26 Å². The number of benzene rings is 1. The average Bonchev–Trinajstić information content (AvgIpc) is 2.37. The second-order valence-corrected chi connectivity index (χ2v) is 4.21. The first-order chi connectivity index (χ1) is 8.65. The highest BCUT2D eigenvalue weighted by Gasteiger charge is 2.09. The smallest absolute Gasteiger partial charge is 0.224 e. The maximum absolute atomic E-state index is 12.7. The van der Waals surface area contributed by atoms with Crippen molar-refractivity contribution in [3.05, 3.63) is 30.1 Å². The van der Waals surface area contributed by atoms with Gasteiger partial charge in [-0.05, 0) is 37.1 Å². The van der Waals surface area contributed by atoms with Gasteiger partial charge in [0.15, 0.2) is 0 Å². The van der Waals surface area contributed by atoms with Crippen LogP contribution in [0.4, 0.5) is 10.1 Å². The summed E-state index contributed by atoms with van der Waals surface area (Å²) in [5.41, 5.74) is 0.574. The molecule has 1 rings (SSSR count). The van der Waals surface area contributed by atoms with Crippen LogP contribution in [0.25, 0.3) is 0 Å². The van der Waals surface area contributed by atoms with Crippen molar-refractivity contribution in [2.45, 2.75) is 32.6 Å². The van der Waals surface area contributed by atoms with Crippen LogP contribution < -0.4 is 5.32 Å². The Bertz CT molecular complexity index is 422. The van der Waals surface area contributed by atoms with Gasteiger partial charge in [0, 0.05) is 18.0 Å². The molecule has 1 N–H and O–H groups in total. The van der Waals surface area contributed by atoms with E-state index in [9.17, 15) is 9.18 Å². The number of hydrogen-bond acceptors (Lipinski definition) is 2. The maximum atomic E-state index is 12.7. The summed E-state index contributed by atoms with van der Waals surface area (Å²) in [4.78, 5) is 11.6. The fourth-order valence-corrected chi connectivity index (χ4v) is 1.68. The van der Waals surface area contributed by atoms with E-state index in [1.54, 1.807) is 0 Å². The van der Waals surface area contributed by atoms with Crippen molar-refractivity contribution >= 4 is 11.6 Å². The molecule has 0 bridgehead atoms. The van der Waals surface area contributed by atoms with Crippen LogP contribution in [0.5, 0.6) is 0 Å². The van der Waals surface area contributed by atoms with Crippen molar-refractivity contribution in [2.75, 3.05) is 5.32 Å². The normalized spacial score (nSPS) is 11.6. The molecule has 96 valence electrons. The highest BCUT2D eigenvalue weighted by atomic mass is 19.1. The fourth-order valence-electron chi connectivity index (χ4n) is 1.68. The molecular weight excluding hydrogens is 231 g/mol. The van der Waals surface area contributed by atoms with Crippen LogP contribution in [-0.2, 0) is 4.79 Å². The highest BCUT2D eigenvalue weighted by molar-refractivity contribution is 5.90. The van der Waals surface area contributed by atoms with E-state index in [4.69, 9.17) is 5.26 Å². The quantitative estimate of drug-likeness (QED) is 0.837. The summed E-state index contributed by atoms with van der Waals surface area (Å²) in [5, 5.41) is 11.5. The van der Waals surface area contributed by atoms with Crippen molar-refractivity contribution in [3.8, 4) is 6.07 Å². The number of amides is 1. The molecule has 0 aliphatic heterocycles. The van der Waals surface area contributed by atoms with Crippen molar-refractivity contribution in [2.24, 2.45) is 5.92 Å². The van der Waals surface area contributed by atoms with Gasteiger partial charge in [-0.25, -0.2) is 4.39 Å². The van der Waals surface area contributed by atoms with Crippen LogP contribution in [0.3, 0.4) is 0 Å². The second kappa shape index (κ2) is 7.44. The van der Waals surface area contributed by atoms with Gasteiger partial charge >= 0.3 is 0 Å². The molecule has 0 saturated heterocycles. The Morgan fingerprint density at radius 2 is 2.06 bits per heavy atom. The Morgan fingerprint density at radius 1 is 1.39 bits per heavy atom. The largest absolute Gasteiger partial charge is 0.326 e. The zero-order valence-electron chi connectivity index (χ0n) is 10.4. The van der Waals surface area contributed by atoms with E-state index < -0.39 is 0 Å². The fraction of sp³-hybridized carbons (Fsp3) is 0.429. The van der Waals surface area contributed by atoms with Gasteiger partial charge in [0.05, 0.1) is 6.07 Å². The first-order valence-electron chi connectivity index (χ1n) is 6.10. The summed E-state index contributed by atoms with van der Waals surface area (Å²) >= 11 is 0. The second-order valence-electron chi connectivity index (χ2n) is 4.21. The predicted octanol–water partition coefficient (Wildman–Crippen LogP) is 3.48. The van der Waals surface area contributed by atoms with E-state index in [0.29, 0.717) is 18.5 Å². The molecule has 0 saturated carbocycles. The molecule has 0 heterocycles. The lowest BCUT2D eigenvalue weighted by Crippen LogP contribution is -2.13. The molecular formula is C14H17FN2O. The standard InChI is InChI=1S/C14H17FN2O/c1-2-3-11(10-16)4-9-14(18)17-13-7-5-12(15)6-8-13/h5-8,11H,2-4,9H2,1H3,(H,17,18). The Balaban J connectivity index is 2.38. The van der Waals surface area contributed by atoms with Crippen LogP contribution in [0, 0.1) is 23.1 Å². The first-order valence-corrected chi connectivity index (χ1v) is 6.10. The minimum Gasteiger partial charge on any atom is -0.326 e. The van der Waals surface area contributed by atoms with E-state index in [0.717, 1.165) is 12.8 Å². The van der Waals surface area contributed by atoms with Crippen molar-refractivity contribution in [3.63, 3.8) is 0 Å². The Morgan fingerprint density at radius 3 is 2.61 bits per heavy atom. The monoisotopic (exact) mass is 248 g/mol.